The molecule has 6 nitrogen and oxygen atoms in total. The maximum atomic E-state index is 12.1. The van der Waals surface area contributed by atoms with Crippen LogP contribution in [0.4, 0.5) is 0 Å². The number of hydrogen-bond acceptors (Lipinski definition) is 4. The number of rotatable bonds is 7. The molecule has 1 aromatic rings. The van der Waals surface area contributed by atoms with Crippen molar-refractivity contribution in [3.8, 4) is 0 Å². The highest BCUT2D eigenvalue weighted by molar-refractivity contribution is 9.10. The third kappa shape index (κ3) is 5.42. The van der Waals surface area contributed by atoms with Gasteiger partial charge in [0.05, 0.1) is 10.6 Å². The molecule has 0 saturated heterocycles. The minimum atomic E-state index is -3.45. The maximum Gasteiger partial charge on any atom is 0.328 e. The molecule has 0 aliphatic carbocycles. The molecule has 122 valence electrons. The van der Waals surface area contributed by atoms with Crippen molar-refractivity contribution in [1.82, 2.24) is 5.32 Å². The van der Waals surface area contributed by atoms with Gasteiger partial charge in [-0.15, -0.1) is 0 Å². The molecule has 1 rings (SSSR count). The molecule has 1 aromatic carbocycles. The molecule has 0 aliphatic rings. The lowest BCUT2D eigenvalue weighted by atomic mass is 10.1. The highest BCUT2D eigenvalue weighted by atomic mass is 79.9. The molecule has 0 fully saturated rings. The summed E-state index contributed by atoms with van der Waals surface area (Å²) in [6.45, 7) is 2.73. The van der Waals surface area contributed by atoms with E-state index in [-0.39, 0.29) is 23.5 Å². The number of amides is 1. The van der Waals surface area contributed by atoms with Crippen LogP contribution in [0.1, 0.15) is 26.7 Å². The van der Waals surface area contributed by atoms with E-state index >= 15 is 0 Å². The zero-order chi connectivity index (χ0) is 17.0. The molecule has 8 heteroatoms. The van der Waals surface area contributed by atoms with Crippen LogP contribution < -0.4 is 5.32 Å². The number of sulfone groups is 1. The molecule has 0 aliphatic heterocycles. The van der Waals surface area contributed by atoms with Crippen LogP contribution in [0.25, 0.3) is 0 Å². The summed E-state index contributed by atoms with van der Waals surface area (Å²) in [6, 6.07) is 6.25. The Morgan fingerprint density at radius 1 is 1.23 bits per heavy atom. The fourth-order valence-corrected chi connectivity index (χ4v) is 3.22. The van der Waals surface area contributed by atoms with Crippen molar-refractivity contribution in [3.63, 3.8) is 0 Å². The highest BCUT2D eigenvalue weighted by Crippen LogP contribution is 2.17. The van der Waals surface area contributed by atoms with Gasteiger partial charge in [-0.05, 0) is 44.5 Å². The van der Waals surface area contributed by atoms with Gasteiger partial charge in [0.15, 0.2) is 9.84 Å². The zero-order valence-corrected chi connectivity index (χ0v) is 14.7. The van der Waals surface area contributed by atoms with E-state index in [9.17, 15) is 18.0 Å². The number of hydrogen-bond donors (Lipinski definition) is 2. The van der Waals surface area contributed by atoms with E-state index in [1.165, 1.54) is 26.0 Å². The van der Waals surface area contributed by atoms with Crippen LogP contribution in [-0.2, 0) is 19.4 Å². The molecule has 22 heavy (non-hydrogen) atoms. The Labute approximate surface area is 138 Å². The lowest BCUT2D eigenvalue weighted by Crippen LogP contribution is -2.49. The van der Waals surface area contributed by atoms with Gasteiger partial charge in [-0.1, -0.05) is 15.9 Å². The normalized spacial score (nSPS) is 12.0. The summed E-state index contributed by atoms with van der Waals surface area (Å²) < 4.78 is 24.9. The van der Waals surface area contributed by atoms with E-state index in [1.54, 1.807) is 12.1 Å². The quantitative estimate of drug-likeness (QED) is 0.739. The number of carboxylic acids is 1. The van der Waals surface area contributed by atoms with Crippen LogP contribution >= 0.6 is 15.9 Å². The average molecular weight is 392 g/mol. The SMILES string of the molecule is CC(C)(NC(=O)CCCS(=O)(=O)c1ccc(Br)cc1)C(=O)O. The topological polar surface area (TPSA) is 101 Å². The van der Waals surface area contributed by atoms with Gasteiger partial charge in [0.2, 0.25) is 5.91 Å². The second-order valence-electron chi connectivity index (χ2n) is 5.35. The van der Waals surface area contributed by atoms with Gasteiger partial charge in [0, 0.05) is 10.9 Å². The second kappa shape index (κ2) is 7.23. The number of halogens is 1. The van der Waals surface area contributed by atoms with E-state index in [0.29, 0.717) is 0 Å². The number of carbonyl (C=O) groups is 2. The second-order valence-corrected chi connectivity index (χ2v) is 8.38. The lowest BCUT2D eigenvalue weighted by Gasteiger charge is -2.20. The smallest absolute Gasteiger partial charge is 0.328 e. The summed E-state index contributed by atoms with van der Waals surface area (Å²) in [7, 11) is -3.45. The predicted molar refractivity (Wildman–Crippen MR) is 85.3 cm³/mol. The van der Waals surface area contributed by atoms with Crippen molar-refractivity contribution >= 4 is 37.6 Å². The number of nitrogens with one attached hydrogen (secondary N) is 1. The Hall–Kier alpha value is -1.41. The van der Waals surface area contributed by atoms with Gasteiger partial charge in [-0.25, -0.2) is 13.2 Å². The molecule has 0 aromatic heterocycles. The summed E-state index contributed by atoms with van der Waals surface area (Å²) in [5, 5.41) is 11.3. The van der Waals surface area contributed by atoms with E-state index in [0.717, 1.165) is 4.47 Å². The first-order valence-corrected chi connectivity index (χ1v) is 9.02. The first kappa shape index (κ1) is 18.6. The Bertz CT molecular complexity index is 652. The van der Waals surface area contributed by atoms with Crippen molar-refractivity contribution in [2.45, 2.75) is 37.1 Å². The van der Waals surface area contributed by atoms with Gasteiger partial charge in [-0.2, -0.15) is 0 Å². The van der Waals surface area contributed by atoms with Crippen LogP contribution in [-0.4, -0.2) is 36.7 Å². The van der Waals surface area contributed by atoms with Crippen LogP contribution in [0.5, 0.6) is 0 Å². The monoisotopic (exact) mass is 391 g/mol. The number of benzene rings is 1. The molecule has 1 amide bonds. The lowest BCUT2D eigenvalue weighted by molar-refractivity contribution is -0.146. The Balaban J connectivity index is 2.55. The van der Waals surface area contributed by atoms with E-state index in [1.807, 2.05) is 0 Å². The van der Waals surface area contributed by atoms with Crippen LogP contribution in [0.3, 0.4) is 0 Å². The van der Waals surface area contributed by atoms with Crippen LogP contribution in [0.2, 0.25) is 0 Å². The van der Waals surface area contributed by atoms with E-state index < -0.39 is 27.3 Å². The van der Waals surface area contributed by atoms with Gasteiger partial charge in [-0.3, -0.25) is 4.79 Å². The van der Waals surface area contributed by atoms with E-state index in [4.69, 9.17) is 5.11 Å². The standard InChI is InChI=1S/C14H18BrNO5S/c1-14(2,13(18)19)16-12(17)4-3-9-22(20,21)11-7-5-10(15)6-8-11/h5-8H,3-4,9H2,1-2H3,(H,16,17)(H,18,19). The zero-order valence-electron chi connectivity index (χ0n) is 12.3. The Kier molecular flexibility index (Phi) is 6.13. The molecule has 0 spiro atoms. The summed E-state index contributed by atoms with van der Waals surface area (Å²) in [6.07, 6.45) is 0.0758. The number of aliphatic carboxylic acids is 1. The third-order valence-corrected chi connectivity index (χ3v) is 5.32. The fourth-order valence-electron chi connectivity index (χ4n) is 1.65. The van der Waals surface area contributed by atoms with Crippen LogP contribution in [0.15, 0.2) is 33.6 Å². The molecule has 0 radical (unpaired) electrons. The number of carboxylic acid groups (broad SMARTS) is 1. The molecule has 0 atom stereocenters. The molecule has 0 unspecified atom stereocenters. The Morgan fingerprint density at radius 3 is 2.27 bits per heavy atom. The minimum Gasteiger partial charge on any atom is -0.480 e. The average Bonchev–Trinajstić information content (AvgIpc) is 2.38. The predicted octanol–water partition coefficient (Wildman–Crippen LogP) is 1.98. The first-order valence-electron chi connectivity index (χ1n) is 6.57. The van der Waals surface area contributed by atoms with Crippen molar-refractivity contribution in [2.75, 3.05) is 5.75 Å². The molecule has 0 bridgehead atoms. The van der Waals surface area contributed by atoms with Gasteiger partial charge in [0.25, 0.3) is 0 Å². The summed E-state index contributed by atoms with van der Waals surface area (Å²) in [5.74, 6) is -1.81. The molecule has 2 N–H and O–H groups in total. The van der Waals surface area contributed by atoms with Gasteiger partial charge in [0.1, 0.15) is 5.54 Å². The van der Waals surface area contributed by atoms with Gasteiger partial charge >= 0.3 is 5.97 Å². The third-order valence-electron chi connectivity index (χ3n) is 2.98. The Morgan fingerprint density at radius 2 is 1.77 bits per heavy atom. The maximum absolute atomic E-state index is 12.1. The van der Waals surface area contributed by atoms with Crippen molar-refractivity contribution in [1.29, 1.82) is 0 Å². The van der Waals surface area contributed by atoms with Gasteiger partial charge < -0.3 is 10.4 Å². The van der Waals surface area contributed by atoms with E-state index in [2.05, 4.69) is 21.2 Å². The fraction of sp³-hybridized carbons (Fsp3) is 0.429. The van der Waals surface area contributed by atoms with Crippen LogP contribution in [0, 0.1) is 0 Å². The number of carbonyl (C=O) groups excluding carboxylic acids is 1. The summed E-state index contributed by atoms with van der Waals surface area (Å²) in [5.41, 5.74) is -1.37. The first-order chi connectivity index (χ1) is 10.0. The van der Waals surface area contributed by atoms with Crippen molar-refractivity contribution < 1.29 is 23.1 Å². The molecule has 0 saturated carbocycles. The highest BCUT2D eigenvalue weighted by Gasteiger charge is 2.28. The largest absolute Gasteiger partial charge is 0.480 e. The van der Waals surface area contributed by atoms with Crippen molar-refractivity contribution in [2.24, 2.45) is 0 Å². The molecular weight excluding hydrogens is 374 g/mol. The minimum absolute atomic E-state index is 0.0491. The molecule has 0 heterocycles. The molecular formula is C14H18BrNO5S. The summed E-state index contributed by atoms with van der Waals surface area (Å²) in [4.78, 5) is 22.7. The summed E-state index contributed by atoms with van der Waals surface area (Å²) >= 11 is 3.23. The van der Waals surface area contributed by atoms with Crippen molar-refractivity contribution in [3.05, 3.63) is 28.7 Å².